The van der Waals surface area contributed by atoms with Gasteiger partial charge in [-0.1, -0.05) is 12.1 Å². The predicted molar refractivity (Wildman–Crippen MR) is 126 cm³/mol. The summed E-state index contributed by atoms with van der Waals surface area (Å²) in [6, 6.07) is 11.7. The van der Waals surface area contributed by atoms with E-state index in [-0.39, 0.29) is 5.91 Å². The maximum absolute atomic E-state index is 13.2. The summed E-state index contributed by atoms with van der Waals surface area (Å²) < 4.78 is 5.46. The average Bonchev–Trinajstić information content (AvgIpc) is 2.87. The van der Waals surface area contributed by atoms with Crippen molar-refractivity contribution in [2.24, 2.45) is 5.92 Å². The summed E-state index contributed by atoms with van der Waals surface area (Å²) in [5.74, 6) is -1.33. The number of amides is 2. The van der Waals surface area contributed by atoms with Gasteiger partial charge in [0, 0.05) is 45.1 Å². The molecule has 1 saturated heterocycles. The first-order chi connectivity index (χ1) is 16.5. The molecule has 0 saturated carbocycles. The Morgan fingerprint density at radius 3 is 2.35 bits per heavy atom. The summed E-state index contributed by atoms with van der Waals surface area (Å²) in [5.41, 5.74) is 3.72. The van der Waals surface area contributed by atoms with Crippen molar-refractivity contribution in [3.63, 3.8) is 0 Å². The normalized spacial score (nSPS) is 16.0. The third-order valence-electron chi connectivity index (χ3n) is 6.13. The van der Waals surface area contributed by atoms with Crippen molar-refractivity contribution in [2.45, 2.75) is 38.8 Å². The van der Waals surface area contributed by atoms with Crippen LogP contribution in [0, 0.1) is 5.92 Å². The second-order valence-corrected chi connectivity index (χ2v) is 8.45. The highest BCUT2D eigenvalue weighted by molar-refractivity contribution is 5.88. The molecule has 184 valence electrons. The van der Waals surface area contributed by atoms with Crippen molar-refractivity contribution >= 4 is 11.8 Å². The Hall–Kier alpha value is -3.01. The van der Waals surface area contributed by atoms with Gasteiger partial charge in [0.1, 0.15) is 11.9 Å². The fourth-order valence-electron chi connectivity index (χ4n) is 4.22. The minimum atomic E-state index is -1.60. The molecule has 1 aromatic carbocycles. The summed E-state index contributed by atoms with van der Waals surface area (Å²) >= 11 is 0. The van der Waals surface area contributed by atoms with E-state index in [0.717, 1.165) is 23.4 Å². The third kappa shape index (κ3) is 7.24. The molecule has 3 N–H and O–H groups in total. The molecular weight excluding hydrogens is 436 g/mol. The molecule has 9 nitrogen and oxygen atoms in total. The first-order valence-electron chi connectivity index (χ1n) is 11.8. The summed E-state index contributed by atoms with van der Waals surface area (Å²) in [6.07, 6.45) is 3.57. The van der Waals surface area contributed by atoms with E-state index < -0.39 is 17.9 Å². The SMILES string of the molecule is CCOc1ccc(CCC[C@@H](C(=O)N2CCN(Cc3ccncc3)CC2)[C@H](O)C(=O)NO)cc1. The zero-order valence-electron chi connectivity index (χ0n) is 19.6. The number of nitrogens with zero attached hydrogens (tertiary/aromatic N) is 3. The second kappa shape index (κ2) is 13.0. The molecule has 0 aliphatic carbocycles. The number of piperazine rings is 1. The lowest BCUT2D eigenvalue weighted by Gasteiger charge is -2.37. The van der Waals surface area contributed by atoms with Crippen LogP contribution in [0.15, 0.2) is 48.8 Å². The number of carbonyl (C=O) groups is 2. The van der Waals surface area contributed by atoms with E-state index in [0.29, 0.717) is 52.0 Å². The number of hydroxylamine groups is 1. The van der Waals surface area contributed by atoms with Gasteiger partial charge in [-0.2, -0.15) is 0 Å². The number of aromatic nitrogens is 1. The molecule has 1 aromatic heterocycles. The summed E-state index contributed by atoms with van der Waals surface area (Å²) in [6.45, 7) is 5.77. The van der Waals surface area contributed by atoms with E-state index in [2.05, 4.69) is 9.88 Å². The third-order valence-corrected chi connectivity index (χ3v) is 6.13. The van der Waals surface area contributed by atoms with E-state index in [9.17, 15) is 14.7 Å². The van der Waals surface area contributed by atoms with Gasteiger partial charge in [0.15, 0.2) is 0 Å². The van der Waals surface area contributed by atoms with E-state index in [1.165, 1.54) is 5.48 Å². The number of aliphatic hydroxyl groups is 1. The Morgan fingerprint density at radius 1 is 1.06 bits per heavy atom. The Kier molecular flexibility index (Phi) is 9.81. The van der Waals surface area contributed by atoms with Crippen molar-refractivity contribution in [3.8, 4) is 5.75 Å². The second-order valence-electron chi connectivity index (χ2n) is 8.45. The van der Waals surface area contributed by atoms with E-state index >= 15 is 0 Å². The van der Waals surface area contributed by atoms with Gasteiger partial charge in [-0.05, 0) is 61.6 Å². The van der Waals surface area contributed by atoms with Crippen molar-refractivity contribution in [2.75, 3.05) is 32.8 Å². The van der Waals surface area contributed by atoms with Gasteiger partial charge < -0.3 is 14.7 Å². The van der Waals surface area contributed by atoms with Crippen molar-refractivity contribution < 1.29 is 24.6 Å². The van der Waals surface area contributed by atoms with Gasteiger partial charge in [0.25, 0.3) is 5.91 Å². The highest BCUT2D eigenvalue weighted by Crippen LogP contribution is 2.21. The molecule has 1 aliphatic heterocycles. The molecule has 0 bridgehead atoms. The van der Waals surface area contributed by atoms with Crippen LogP contribution in [-0.4, -0.2) is 75.8 Å². The summed E-state index contributed by atoms with van der Waals surface area (Å²) in [5, 5.41) is 19.5. The zero-order valence-corrected chi connectivity index (χ0v) is 19.6. The van der Waals surface area contributed by atoms with Crippen LogP contribution in [-0.2, 0) is 22.6 Å². The lowest BCUT2D eigenvalue weighted by molar-refractivity contribution is -0.151. The number of hydrogen-bond acceptors (Lipinski definition) is 7. The Bertz CT molecular complexity index is 901. The first-order valence-corrected chi connectivity index (χ1v) is 11.8. The molecule has 3 rings (SSSR count). The molecule has 0 unspecified atom stereocenters. The van der Waals surface area contributed by atoms with Gasteiger partial charge in [-0.25, -0.2) is 5.48 Å². The van der Waals surface area contributed by atoms with Crippen LogP contribution in [0.25, 0.3) is 0 Å². The van der Waals surface area contributed by atoms with Crippen LogP contribution in [0.3, 0.4) is 0 Å². The van der Waals surface area contributed by atoms with Crippen LogP contribution in [0.5, 0.6) is 5.75 Å². The maximum Gasteiger partial charge on any atom is 0.272 e. The van der Waals surface area contributed by atoms with Crippen molar-refractivity contribution in [3.05, 3.63) is 59.9 Å². The van der Waals surface area contributed by atoms with Gasteiger partial charge >= 0.3 is 0 Å². The van der Waals surface area contributed by atoms with Crippen molar-refractivity contribution in [1.29, 1.82) is 0 Å². The van der Waals surface area contributed by atoms with Crippen LogP contribution < -0.4 is 10.2 Å². The van der Waals surface area contributed by atoms with Crippen molar-refractivity contribution in [1.82, 2.24) is 20.3 Å². The van der Waals surface area contributed by atoms with Gasteiger partial charge in [-0.3, -0.25) is 24.7 Å². The smallest absolute Gasteiger partial charge is 0.272 e. The number of aryl methyl sites for hydroxylation is 1. The maximum atomic E-state index is 13.2. The topological polar surface area (TPSA) is 115 Å². The number of pyridine rings is 1. The van der Waals surface area contributed by atoms with Gasteiger partial charge in [0.05, 0.1) is 12.5 Å². The number of nitrogens with one attached hydrogen (secondary N) is 1. The fraction of sp³-hybridized carbons (Fsp3) is 0.480. The standard InChI is InChI=1S/C25H34N4O5/c1-2-34-21-8-6-19(7-9-21)4-3-5-22(23(30)24(31)27-33)25(32)29-16-14-28(15-17-29)18-20-10-12-26-13-11-20/h6-13,22-23,30,33H,2-5,14-18H2,1H3,(H,27,31)/t22-,23+/m1/s1. The van der Waals surface area contributed by atoms with Crippen LogP contribution in [0.2, 0.25) is 0 Å². The molecule has 2 aromatic rings. The molecule has 1 aliphatic rings. The number of benzene rings is 1. The minimum absolute atomic E-state index is 0.258. The first kappa shape index (κ1) is 25.6. The van der Waals surface area contributed by atoms with Gasteiger partial charge in [0.2, 0.25) is 5.91 Å². The quantitative estimate of drug-likeness (QED) is 0.338. The molecule has 2 atom stereocenters. The lowest BCUT2D eigenvalue weighted by atomic mass is 9.92. The highest BCUT2D eigenvalue weighted by atomic mass is 16.5. The molecular formula is C25H34N4O5. The molecule has 34 heavy (non-hydrogen) atoms. The number of rotatable bonds is 11. The number of hydrogen-bond donors (Lipinski definition) is 3. The largest absolute Gasteiger partial charge is 0.494 e. The summed E-state index contributed by atoms with van der Waals surface area (Å²) in [7, 11) is 0. The number of ether oxygens (including phenoxy) is 1. The van der Waals surface area contributed by atoms with Crippen LogP contribution >= 0.6 is 0 Å². The monoisotopic (exact) mass is 470 g/mol. The molecule has 9 heteroatoms. The Labute approximate surface area is 200 Å². The summed E-state index contributed by atoms with van der Waals surface area (Å²) in [4.78, 5) is 33.2. The Balaban J connectivity index is 1.55. The Morgan fingerprint density at radius 2 is 1.74 bits per heavy atom. The lowest BCUT2D eigenvalue weighted by Crippen LogP contribution is -2.53. The molecule has 0 spiro atoms. The highest BCUT2D eigenvalue weighted by Gasteiger charge is 2.35. The van der Waals surface area contributed by atoms with Gasteiger partial charge in [-0.15, -0.1) is 0 Å². The van der Waals surface area contributed by atoms with E-state index in [1.807, 2.05) is 43.3 Å². The number of carbonyl (C=O) groups excluding carboxylic acids is 2. The molecule has 2 amide bonds. The fourth-order valence-corrected chi connectivity index (χ4v) is 4.22. The molecule has 1 fully saturated rings. The van der Waals surface area contributed by atoms with E-state index in [1.54, 1.807) is 17.3 Å². The number of aliphatic hydroxyl groups excluding tert-OH is 1. The van der Waals surface area contributed by atoms with Crippen LogP contribution in [0.1, 0.15) is 30.9 Å². The average molecular weight is 471 g/mol. The predicted octanol–water partition coefficient (Wildman–Crippen LogP) is 1.63. The zero-order chi connectivity index (χ0) is 24.3. The van der Waals surface area contributed by atoms with E-state index in [4.69, 9.17) is 9.94 Å². The van der Waals surface area contributed by atoms with Crippen LogP contribution in [0.4, 0.5) is 0 Å². The molecule has 2 heterocycles. The molecule has 0 radical (unpaired) electrons. The minimum Gasteiger partial charge on any atom is -0.494 e.